The number of hydrogen-bond acceptors (Lipinski definition) is 6. The Morgan fingerprint density at radius 2 is 1.18 bits per heavy atom. The van der Waals surface area contributed by atoms with Gasteiger partial charge in [0, 0.05) is 27.1 Å². The van der Waals surface area contributed by atoms with Gasteiger partial charge < -0.3 is 18.9 Å². The Balaban J connectivity index is 4.34. The number of esters is 2. The molecule has 0 bridgehead atoms. The fourth-order valence-corrected chi connectivity index (χ4v) is 1.41. The molecule has 6 heteroatoms. The number of hydrogen-bond donors (Lipinski definition) is 0. The Kier molecular flexibility index (Phi) is 7.49. The average Bonchev–Trinajstić information content (AvgIpc) is 2.38. The van der Waals surface area contributed by atoms with Crippen molar-refractivity contribution in [3.63, 3.8) is 0 Å². The molecule has 0 rings (SSSR count). The molecular weight excluding hydrogens is 228 g/mol. The molecule has 100 valence electrons. The Hall–Kier alpha value is -1.14. The van der Waals surface area contributed by atoms with E-state index >= 15 is 0 Å². The molecule has 0 unspecified atom stereocenters. The maximum absolute atomic E-state index is 11.1. The van der Waals surface area contributed by atoms with Gasteiger partial charge in [-0.25, -0.2) is 0 Å². The Bertz CT molecular complexity index is 224. The smallest absolute Gasteiger partial charge is 0.305 e. The SMILES string of the molecule is COC(=O)CCC(CCC(=O)OC)(OC)OC. The normalized spacial score (nSPS) is 11.1. The third-order valence-corrected chi connectivity index (χ3v) is 2.62. The lowest BCUT2D eigenvalue weighted by Crippen LogP contribution is -2.35. The van der Waals surface area contributed by atoms with Gasteiger partial charge in [-0.05, 0) is 0 Å². The van der Waals surface area contributed by atoms with E-state index in [-0.39, 0.29) is 24.8 Å². The van der Waals surface area contributed by atoms with Crippen molar-refractivity contribution >= 4 is 11.9 Å². The van der Waals surface area contributed by atoms with Gasteiger partial charge in [0.1, 0.15) is 0 Å². The maximum atomic E-state index is 11.1. The topological polar surface area (TPSA) is 71.1 Å². The number of carbonyl (C=O) groups is 2. The number of methoxy groups -OCH3 is 4. The van der Waals surface area contributed by atoms with Gasteiger partial charge in [-0.2, -0.15) is 0 Å². The Morgan fingerprint density at radius 3 is 1.41 bits per heavy atom. The minimum absolute atomic E-state index is 0.166. The van der Waals surface area contributed by atoms with E-state index in [0.717, 1.165) is 0 Å². The highest BCUT2D eigenvalue weighted by atomic mass is 16.7. The monoisotopic (exact) mass is 248 g/mol. The lowest BCUT2D eigenvalue weighted by atomic mass is 10.0. The summed E-state index contributed by atoms with van der Waals surface area (Å²) in [6.45, 7) is 0. The molecule has 0 radical (unpaired) electrons. The van der Waals surface area contributed by atoms with Crippen molar-refractivity contribution in [2.45, 2.75) is 31.5 Å². The van der Waals surface area contributed by atoms with Crippen LogP contribution in [0, 0.1) is 0 Å². The first-order valence-corrected chi connectivity index (χ1v) is 5.27. The molecule has 0 aliphatic rings. The van der Waals surface area contributed by atoms with Crippen LogP contribution in [0.25, 0.3) is 0 Å². The zero-order valence-electron chi connectivity index (χ0n) is 10.8. The van der Waals surface area contributed by atoms with Gasteiger partial charge in [0.05, 0.1) is 27.1 Å². The largest absolute Gasteiger partial charge is 0.469 e. The van der Waals surface area contributed by atoms with Crippen LogP contribution in [0.4, 0.5) is 0 Å². The first-order chi connectivity index (χ1) is 8.03. The number of carbonyl (C=O) groups excluding carboxylic acids is 2. The predicted molar refractivity (Wildman–Crippen MR) is 59.2 cm³/mol. The molecule has 0 aliphatic carbocycles. The van der Waals surface area contributed by atoms with Gasteiger partial charge in [-0.1, -0.05) is 0 Å². The molecule has 0 amide bonds. The molecule has 0 aliphatic heterocycles. The van der Waals surface area contributed by atoms with E-state index < -0.39 is 5.79 Å². The lowest BCUT2D eigenvalue weighted by Gasteiger charge is -2.30. The predicted octanol–water partition coefficient (Wildman–Crippen LogP) is 0.882. The van der Waals surface area contributed by atoms with Crippen LogP contribution in [0.2, 0.25) is 0 Å². The molecule has 0 aromatic rings. The van der Waals surface area contributed by atoms with Crippen LogP contribution in [0.5, 0.6) is 0 Å². The molecular formula is C11H20O6. The number of ether oxygens (including phenoxy) is 4. The van der Waals surface area contributed by atoms with Crippen molar-refractivity contribution in [2.75, 3.05) is 28.4 Å². The van der Waals surface area contributed by atoms with Crippen molar-refractivity contribution in [3.8, 4) is 0 Å². The van der Waals surface area contributed by atoms with E-state index in [0.29, 0.717) is 12.8 Å². The second kappa shape index (κ2) is 8.03. The minimum atomic E-state index is -0.956. The molecule has 0 N–H and O–H groups in total. The lowest BCUT2D eigenvalue weighted by molar-refractivity contribution is -0.218. The molecule has 0 aromatic carbocycles. The van der Waals surface area contributed by atoms with Crippen molar-refractivity contribution in [2.24, 2.45) is 0 Å². The van der Waals surface area contributed by atoms with Gasteiger partial charge in [0.2, 0.25) is 0 Å². The van der Waals surface area contributed by atoms with E-state index in [2.05, 4.69) is 9.47 Å². The molecule has 0 spiro atoms. The summed E-state index contributed by atoms with van der Waals surface area (Å²) >= 11 is 0. The summed E-state index contributed by atoms with van der Waals surface area (Å²) in [7, 11) is 5.58. The van der Waals surface area contributed by atoms with Crippen molar-refractivity contribution < 1.29 is 28.5 Å². The van der Waals surface area contributed by atoms with Crippen molar-refractivity contribution in [1.82, 2.24) is 0 Å². The first kappa shape index (κ1) is 15.9. The standard InChI is InChI=1S/C11H20O6/c1-14-9(12)5-7-11(16-3,17-4)8-6-10(13)15-2/h5-8H2,1-4H3. The van der Waals surface area contributed by atoms with Crippen LogP contribution in [-0.2, 0) is 28.5 Å². The molecule has 0 fully saturated rings. The molecule has 0 atom stereocenters. The molecule has 0 heterocycles. The highest BCUT2D eigenvalue weighted by molar-refractivity contribution is 5.70. The summed E-state index contributed by atoms with van der Waals surface area (Å²) in [5, 5.41) is 0. The summed E-state index contributed by atoms with van der Waals surface area (Å²) in [6.07, 6.45) is 0.978. The van der Waals surface area contributed by atoms with Gasteiger partial charge in [-0.3, -0.25) is 9.59 Å². The van der Waals surface area contributed by atoms with E-state index in [1.807, 2.05) is 0 Å². The minimum Gasteiger partial charge on any atom is -0.469 e. The van der Waals surface area contributed by atoms with Gasteiger partial charge in [-0.15, -0.1) is 0 Å². The second-order valence-corrected chi connectivity index (χ2v) is 3.47. The zero-order valence-corrected chi connectivity index (χ0v) is 10.8. The summed E-state index contributed by atoms with van der Waals surface area (Å²) in [6, 6.07) is 0. The van der Waals surface area contributed by atoms with Gasteiger partial charge in [0.15, 0.2) is 5.79 Å². The third kappa shape index (κ3) is 5.65. The maximum Gasteiger partial charge on any atom is 0.305 e. The Labute approximate surface area is 101 Å². The van der Waals surface area contributed by atoms with Crippen LogP contribution in [0.1, 0.15) is 25.7 Å². The third-order valence-electron chi connectivity index (χ3n) is 2.62. The number of rotatable bonds is 8. The van der Waals surface area contributed by atoms with E-state index in [9.17, 15) is 9.59 Å². The summed E-state index contributed by atoms with van der Waals surface area (Å²) in [5.74, 6) is -1.65. The van der Waals surface area contributed by atoms with E-state index in [4.69, 9.17) is 9.47 Å². The van der Waals surface area contributed by atoms with Crippen molar-refractivity contribution in [3.05, 3.63) is 0 Å². The molecule has 6 nitrogen and oxygen atoms in total. The highest BCUT2D eigenvalue weighted by Crippen LogP contribution is 2.25. The van der Waals surface area contributed by atoms with Crippen LogP contribution in [0.3, 0.4) is 0 Å². The van der Waals surface area contributed by atoms with Gasteiger partial charge >= 0.3 is 11.9 Å². The highest BCUT2D eigenvalue weighted by Gasteiger charge is 2.31. The second-order valence-electron chi connectivity index (χ2n) is 3.47. The average molecular weight is 248 g/mol. The molecule has 0 aromatic heterocycles. The van der Waals surface area contributed by atoms with Crippen LogP contribution >= 0.6 is 0 Å². The Morgan fingerprint density at radius 1 is 0.824 bits per heavy atom. The quantitative estimate of drug-likeness (QED) is 0.469. The zero-order chi connectivity index (χ0) is 13.3. The van der Waals surface area contributed by atoms with Crippen LogP contribution < -0.4 is 0 Å². The van der Waals surface area contributed by atoms with E-state index in [1.54, 1.807) is 0 Å². The molecule has 0 saturated carbocycles. The first-order valence-electron chi connectivity index (χ1n) is 5.27. The fraction of sp³-hybridized carbons (Fsp3) is 0.818. The van der Waals surface area contributed by atoms with E-state index in [1.165, 1.54) is 28.4 Å². The molecule has 0 saturated heterocycles. The van der Waals surface area contributed by atoms with Crippen LogP contribution in [0.15, 0.2) is 0 Å². The van der Waals surface area contributed by atoms with Gasteiger partial charge in [0.25, 0.3) is 0 Å². The fourth-order valence-electron chi connectivity index (χ4n) is 1.41. The van der Waals surface area contributed by atoms with Crippen LogP contribution in [-0.4, -0.2) is 46.2 Å². The molecule has 17 heavy (non-hydrogen) atoms. The summed E-state index contributed by atoms with van der Waals surface area (Å²) in [4.78, 5) is 22.1. The van der Waals surface area contributed by atoms with Crippen molar-refractivity contribution in [1.29, 1.82) is 0 Å². The summed E-state index contributed by atoms with van der Waals surface area (Å²) < 4.78 is 19.6. The summed E-state index contributed by atoms with van der Waals surface area (Å²) in [5.41, 5.74) is 0.